The summed E-state index contributed by atoms with van der Waals surface area (Å²) in [6, 6.07) is 4.12. The molecule has 1 aromatic rings. The second-order valence-corrected chi connectivity index (χ2v) is 5.35. The lowest BCUT2D eigenvalue weighted by Crippen LogP contribution is -2.41. The molecule has 4 heteroatoms. The molecule has 1 aliphatic rings. The van der Waals surface area contributed by atoms with Crippen molar-refractivity contribution in [1.29, 1.82) is 0 Å². The normalized spacial score (nSPS) is 17.1. The number of hydrogen-bond donors (Lipinski definition) is 3. The van der Waals surface area contributed by atoms with Gasteiger partial charge in [-0.25, -0.2) is 0 Å². The zero-order chi connectivity index (χ0) is 13.8. The van der Waals surface area contributed by atoms with Crippen molar-refractivity contribution in [1.82, 2.24) is 5.32 Å². The monoisotopic (exact) mass is 264 g/mol. The van der Waals surface area contributed by atoms with E-state index in [9.17, 15) is 5.11 Å². The molecular formula is C15H24N2O2. The summed E-state index contributed by atoms with van der Waals surface area (Å²) in [6.45, 7) is 4.75. The third-order valence-corrected chi connectivity index (χ3v) is 3.58. The van der Waals surface area contributed by atoms with Crippen molar-refractivity contribution in [3.05, 3.63) is 28.8 Å². The number of nitrogens with one attached hydrogen (secondary N) is 1. The van der Waals surface area contributed by atoms with Crippen molar-refractivity contribution in [3.8, 4) is 5.75 Å². The largest absolute Gasteiger partial charge is 0.491 e. The Hall–Kier alpha value is -1.10. The fourth-order valence-electron chi connectivity index (χ4n) is 2.55. The Labute approximate surface area is 115 Å². The van der Waals surface area contributed by atoms with Gasteiger partial charge in [0.05, 0.1) is 6.17 Å². The van der Waals surface area contributed by atoms with Gasteiger partial charge in [0.25, 0.3) is 0 Å². The smallest absolute Gasteiger partial charge is 0.122 e. The SMILES string of the molecule is Cc1ccc(OCC(O)CNC(C)N)c2c1CCC2. The first-order valence-corrected chi connectivity index (χ1v) is 6.99. The molecule has 1 aromatic carbocycles. The molecule has 0 spiro atoms. The molecule has 0 saturated heterocycles. The van der Waals surface area contributed by atoms with Crippen LogP contribution >= 0.6 is 0 Å². The Balaban J connectivity index is 1.92. The first-order valence-electron chi connectivity index (χ1n) is 6.99. The highest BCUT2D eigenvalue weighted by atomic mass is 16.5. The molecule has 0 heterocycles. The molecule has 2 rings (SSSR count). The minimum atomic E-state index is -0.538. The number of fused-ring (bicyclic) bond motifs is 1. The predicted octanol–water partition coefficient (Wildman–Crippen LogP) is 1.12. The lowest BCUT2D eigenvalue weighted by Gasteiger charge is -2.17. The fourth-order valence-corrected chi connectivity index (χ4v) is 2.55. The van der Waals surface area contributed by atoms with E-state index in [-0.39, 0.29) is 6.17 Å². The maximum Gasteiger partial charge on any atom is 0.122 e. The van der Waals surface area contributed by atoms with Gasteiger partial charge in [-0.15, -0.1) is 0 Å². The number of aliphatic hydroxyl groups excluding tert-OH is 1. The van der Waals surface area contributed by atoms with Gasteiger partial charge >= 0.3 is 0 Å². The van der Waals surface area contributed by atoms with Gasteiger partial charge in [-0.05, 0) is 55.9 Å². The average molecular weight is 264 g/mol. The summed E-state index contributed by atoms with van der Waals surface area (Å²) in [5, 5.41) is 12.8. The highest BCUT2D eigenvalue weighted by Gasteiger charge is 2.18. The molecule has 4 N–H and O–H groups in total. The van der Waals surface area contributed by atoms with Crippen molar-refractivity contribution in [2.45, 2.75) is 45.4 Å². The number of aryl methyl sites for hydroxylation is 1. The van der Waals surface area contributed by atoms with Crippen molar-refractivity contribution >= 4 is 0 Å². The van der Waals surface area contributed by atoms with E-state index < -0.39 is 6.10 Å². The molecule has 19 heavy (non-hydrogen) atoms. The van der Waals surface area contributed by atoms with E-state index in [1.54, 1.807) is 0 Å². The number of nitrogens with two attached hydrogens (primary N) is 1. The van der Waals surface area contributed by atoms with Crippen LogP contribution < -0.4 is 15.8 Å². The summed E-state index contributed by atoms with van der Waals surface area (Å²) < 4.78 is 5.77. The third kappa shape index (κ3) is 3.69. The third-order valence-electron chi connectivity index (χ3n) is 3.58. The van der Waals surface area contributed by atoms with Gasteiger partial charge in [-0.1, -0.05) is 6.07 Å². The lowest BCUT2D eigenvalue weighted by molar-refractivity contribution is 0.104. The van der Waals surface area contributed by atoms with Crippen LogP contribution in [-0.2, 0) is 12.8 Å². The minimum absolute atomic E-state index is 0.113. The van der Waals surface area contributed by atoms with Crippen LogP contribution in [0.4, 0.5) is 0 Å². The maximum absolute atomic E-state index is 9.82. The second-order valence-electron chi connectivity index (χ2n) is 5.35. The van der Waals surface area contributed by atoms with Crippen LogP contribution in [0.1, 0.15) is 30.0 Å². The van der Waals surface area contributed by atoms with Crippen molar-refractivity contribution in [2.24, 2.45) is 5.73 Å². The van der Waals surface area contributed by atoms with E-state index in [1.165, 1.54) is 23.1 Å². The molecule has 106 valence electrons. The highest BCUT2D eigenvalue weighted by molar-refractivity contribution is 5.47. The maximum atomic E-state index is 9.82. The number of aliphatic hydroxyl groups is 1. The summed E-state index contributed by atoms with van der Waals surface area (Å²) >= 11 is 0. The zero-order valence-corrected chi connectivity index (χ0v) is 11.8. The number of hydrogen-bond acceptors (Lipinski definition) is 4. The zero-order valence-electron chi connectivity index (χ0n) is 11.8. The standard InChI is InChI=1S/C15H24N2O2/c1-10-6-7-15(14-5-3-4-13(10)14)19-9-12(18)8-17-11(2)16/h6-7,11-12,17-18H,3-5,8-9,16H2,1-2H3. The van der Waals surface area contributed by atoms with Gasteiger partial charge in [0.2, 0.25) is 0 Å². The van der Waals surface area contributed by atoms with Crippen molar-refractivity contribution in [2.75, 3.05) is 13.2 Å². The summed E-state index contributed by atoms with van der Waals surface area (Å²) in [6.07, 6.45) is 2.78. The quantitative estimate of drug-likeness (QED) is 0.674. The molecule has 0 radical (unpaired) electrons. The van der Waals surface area contributed by atoms with Crippen LogP contribution in [0.15, 0.2) is 12.1 Å². The van der Waals surface area contributed by atoms with Gasteiger partial charge < -0.3 is 15.6 Å². The van der Waals surface area contributed by atoms with E-state index in [0.717, 1.165) is 18.6 Å². The molecular weight excluding hydrogens is 240 g/mol. The molecule has 1 aliphatic carbocycles. The Kier molecular flexibility index (Phi) is 4.80. The Morgan fingerprint density at radius 3 is 2.84 bits per heavy atom. The highest BCUT2D eigenvalue weighted by Crippen LogP contribution is 2.32. The summed E-state index contributed by atoms with van der Waals surface area (Å²) in [4.78, 5) is 0. The van der Waals surface area contributed by atoms with Crippen LogP contribution in [-0.4, -0.2) is 30.5 Å². The second kappa shape index (κ2) is 6.37. The molecule has 4 nitrogen and oxygen atoms in total. The van der Waals surface area contributed by atoms with E-state index in [0.29, 0.717) is 13.2 Å². The summed E-state index contributed by atoms with van der Waals surface area (Å²) in [7, 11) is 0. The van der Waals surface area contributed by atoms with Crippen LogP contribution in [0.2, 0.25) is 0 Å². The molecule has 0 aromatic heterocycles. The Bertz CT molecular complexity index is 432. The van der Waals surface area contributed by atoms with Crippen LogP contribution in [0.5, 0.6) is 5.75 Å². The average Bonchev–Trinajstić information content (AvgIpc) is 2.85. The van der Waals surface area contributed by atoms with Crippen LogP contribution in [0, 0.1) is 6.92 Å². The first kappa shape index (κ1) is 14.3. The predicted molar refractivity (Wildman–Crippen MR) is 76.4 cm³/mol. The summed E-state index contributed by atoms with van der Waals surface area (Å²) in [5.41, 5.74) is 9.68. The minimum Gasteiger partial charge on any atom is -0.491 e. The van der Waals surface area contributed by atoms with Crippen LogP contribution in [0.3, 0.4) is 0 Å². The lowest BCUT2D eigenvalue weighted by atomic mass is 10.0. The van der Waals surface area contributed by atoms with Gasteiger partial charge in [0, 0.05) is 6.54 Å². The first-order chi connectivity index (χ1) is 9.08. The Morgan fingerprint density at radius 2 is 2.11 bits per heavy atom. The van der Waals surface area contributed by atoms with Gasteiger partial charge in [-0.2, -0.15) is 0 Å². The van der Waals surface area contributed by atoms with Gasteiger partial charge in [-0.3, -0.25) is 5.32 Å². The molecule has 0 amide bonds. The molecule has 2 unspecified atom stereocenters. The molecule has 2 atom stereocenters. The van der Waals surface area contributed by atoms with E-state index >= 15 is 0 Å². The topological polar surface area (TPSA) is 67.5 Å². The fraction of sp³-hybridized carbons (Fsp3) is 0.600. The number of benzene rings is 1. The summed E-state index contributed by atoms with van der Waals surface area (Å²) in [5.74, 6) is 0.929. The molecule has 0 saturated carbocycles. The van der Waals surface area contributed by atoms with Gasteiger partial charge in [0.15, 0.2) is 0 Å². The van der Waals surface area contributed by atoms with Crippen LogP contribution in [0.25, 0.3) is 0 Å². The number of ether oxygens (including phenoxy) is 1. The molecule has 0 aliphatic heterocycles. The Morgan fingerprint density at radius 1 is 1.37 bits per heavy atom. The van der Waals surface area contributed by atoms with Gasteiger partial charge in [0.1, 0.15) is 18.5 Å². The molecule has 0 fully saturated rings. The van der Waals surface area contributed by atoms with Crippen molar-refractivity contribution in [3.63, 3.8) is 0 Å². The van der Waals surface area contributed by atoms with E-state index in [2.05, 4.69) is 18.3 Å². The number of rotatable bonds is 6. The van der Waals surface area contributed by atoms with Crippen molar-refractivity contribution < 1.29 is 9.84 Å². The van der Waals surface area contributed by atoms with E-state index in [1.807, 2.05) is 13.0 Å². The molecule has 0 bridgehead atoms. The van der Waals surface area contributed by atoms with E-state index in [4.69, 9.17) is 10.5 Å².